The van der Waals surface area contributed by atoms with Gasteiger partial charge in [-0.1, -0.05) is 180 Å². The SMILES string of the molecule is [2H]c1c([2H])c([2H])c(-c2ccnc(-c3[c-]c(-c4cccc5c4nc(-c4cc(C(C)C)cc(C(C)C)c4O)n5-c4ccc(-c5c(C(C)(CC)CC)cccc5C(C)(CC)CC)cc4C([2H])([2H])[2H])cc(C(C)(C)C)c3)c2)c([2H])c1[2H].[Pt]. The number of aromatic nitrogens is 3. The second-order valence-corrected chi connectivity index (χ2v) is 21.1. The molecule has 2 aromatic heterocycles. The molecule has 5 heteroatoms. The van der Waals surface area contributed by atoms with Gasteiger partial charge in [0.15, 0.2) is 0 Å². The maximum absolute atomic E-state index is 12.5. The van der Waals surface area contributed by atoms with Gasteiger partial charge < -0.3 is 5.11 Å². The van der Waals surface area contributed by atoms with Crippen LogP contribution in [-0.4, -0.2) is 19.6 Å². The van der Waals surface area contributed by atoms with Crippen molar-refractivity contribution < 1.29 is 37.1 Å². The maximum Gasteiger partial charge on any atom is 0.148 e. The van der Waals surface area contributed by atoms with Gasteiger partial charge in [0.1, 0.15) is 11.6 Å². The number of hydrogen-bond acceptors (Lipinski definition) is 3. The fraction of sp³-hybridized carbons (Fsp3) is 0.354. The third kappa shape index (κ3) is 9.75. The number of phenols is 1. The summed E-state index contributed by atoms with van der Waals surface area (Å²) in [4.78, 5) is 10.3. The molecule has 8 aromatic rings. The van der Waals surface area contributed by atoms with E-state index in [-0.39, 0.29) is 78.1 Å². The van der Waals surface area contributed by atoms with Crippen LogP contribution in [0.15, 0.2) is 127 Å². The fourth-order valence-electron chi connectivity index (χ4n) is 9.80. The molecular formula is C65H74N3OPt-. The van der Waals surface area contributed by atoms with Crippen molar-refractivity contribution in [1.29, 1.82) is 0 Å². The Morgan fingerprint density at radius 3 is 1.93 bits per heavy atom. The quantitative estimate of drug-likeness (QED) is 0.110. The summed E-state index contributed by atoms with van der Waals surface area (Å²) < 4.78 is 72.4. The van der Waals surface area contributed by atoms with Crippen LogP contribution in [0.25, 0.3) is 72.7 Å². The van der Waals surface area contributed by atoms with Gasteiger partial charge in [-0.2, -0.15) is 0 Å². The molecule has 70 heavy (non-hydrogen) atoms. The summed E-state index contributed by atoms with van der Waals surface area (Å²) in [5.74, 6) is 0.532. The van der Waals surface area contributed by atoms with Crippen molar-refractivity contribution in [3.8, 4) is 67.5 Å². The number of para-hydroxylation sites is 1. The number of fused-ring (bicyclic) bond motifs is 1. The van der Waals surface area contributed by atoms with E-state index < -0.39 is 25.0 Å². The third-order valence-electron chi connectivity index (χ3n) is 15.2. The first kappa shape index (κ1) is 42.1. The zero-order valence-corrected chi connectivity index (χ0v) is 45.6. The van der Waals surface area contributed by atoms with Crippen LogP contribution in [0.5, 0.6) is 5.75 Å². The summed E-state index contributed by atoms with van der Waals surface area (Å²) in [6.45, 7) is 25.6. The number of pyridine rings is 1. The van der Waals surface area contributed by atoms with Crippen molar-refractivity contribution >= 4 is 11.0 Å². The Balaban J connectivity index is 0.00000882. The first-order valence-corrected chi connectivity index (χ1v) is 24.9. The second kappa shape index (κ2) is 20.6. The van der Waals surface area contributed by atoms with Crippen LogP contribution in [-0.2, 0) is 37.3 Å². The van der Waals surface area contributed by atoms with Crippen molar-refractivity contribution in [2.75, 3.05) is 0 Å². The van der Waals surface area contributed by atoms with Crippen molar-refractivity contribution in [2.45, 2.75) is 151 Å². The molecule has 0 amide bonds. The van der Waals surface area contributed by atoms with Crippen molar-refractivity contribution in [2.24, 2.45) is 0 Å². The van der Waals surface area contributed by atoms with E-state index in [0.717, 1.165) is 53.5 Å². The zero-order valence-electron chi connectivity index (χ0n) is 51.3. The van der Waals surface area contributed by atoms with E-state index >= 15 is 0 Å². The number of aryl methyl sites for hydroxylation is 1. The van der Waals surface area contributed by atoms with Crippen LogP contribution < -0.4 is 0 Å². The minimum Gasteiger partial charge on any atom is -0.507 e. The molecule has 2 heterocycles. The van der Waals surface area contributed by atoms with Gasteiger partial charge in [-0.05, 0) is 141 Å². The number of nitrogens with zero attached hydrogens (tertiary/aromatic N) is 3. The largest absolute Gasteiger partial charge is 0.507 e. The molecule has 1 N–H and O–H groups in total. The summed E-state index contributed by atoms with van der Waals surface area (Å²) in [6.07, 6.45) is 5.21. The summed E-state index contributed by atoms with van der Waals surface area (Å²) in [5.41, 5.74) is 11.6. The molecule has 0 atom stereocenters. The first-order chi connectivity index (χ1) is 36.1. The smallest absolute Gasteiger partial charge is 0.148 e. The molecule has 4 nitrogen and oxygen atoms in total. The molecule has 0 saturated heterocycles. The Kier molecular flexibility index (Phi) is 12.4. The molecular weight excluding hydrogens is 1030 g/mol. The predicted molar refractivity (Wildman–Crippen MR) is 294 cm³/mol. The Morgan fingerprint density at radius 2 is 1.33 bits per heavy atom. The van der Waals surface area contributed by atoms with E-state index in [1.54, 1.807) is 18.3 Å². The maximum atomic E-state index is 12.5. The van der Waals surface area contributed by atoms with E-state index in [9.17, 15) is 9.22 Å². The fourth-order valence-corrected chi connectivity index (χ4v) is 9.80. The second-order valence-electron chi connectivity index (χ2n) is 21.1. The van der Waals surface area contributed by atoms with Crippen LogP contribution in [0.4, 0.5) is 0 Å². The Bertz CT molecular complexity index is 3500. The average Bonchev–Trinajstić information content (AvgIpc) is 3.80. The summed E-state index contributed by atoms with van der Waals surface area (Å²) >= 11 is 0. The van der Waals surface area contributed by atoms with Crippen molar-refractivity contribution in [1.82, 2.24) is 14.5 Å². The van der Waals surface area contributed by atoms with E-state index in [1.165, 1.54) is 11.1 Å². The molecule has 0 unspecified atom stereocenters. The van der Waals surface area contributed by atoms with E-state index in [4.69, 9.17) is 16.8 Å². The minimum absolute atomic E-state index is 0. The van der Waals surface area contributed by atoms with Crippen LogP contribution >= 0.6 is 0 Å². The molecule has 0 radical (unpaired) electrons. The van der Waals surface area contributed by atoms with Crippen LogP contribution in [0, 0.1) is 12.9 Å². The topological polar surface area (TPSA) is 50.9 Å². The summed E-state index contributed by atoms with van der Waals surface area (Å²) in [7, 11) is 0. The Hall–Kier alpha value is -5.57. The number of aromatic hydroxyl groups is 1. The molecule has 0 spiro atoms. The third-order valence-corrected chi connectivity index (χ3v) is 15.2. The Morgan fingerprint density at radius 1 is 0.686 bits per heavy atom. The van der Waals surface area contributed by atoms with E-state index in [1.807, 2.05) is 47.0 Å². The monoisotopic (exact) mass is 1120 g/mol. The van der Waals surface area contributed by atoms with Gasteiger partial charge in [-0.3, -0.25) is 9.55 Å². The standard InChI is InChI=1S/C65H74N3O.Pt/c1-15-64(13,16-2)54-27-23-28-55(65(14,17-3)18-4)59(54)46-30-31-57(43(9)34-46)68-58-29-22-26-51(60(58)67-62(68)53-39-47(41(5)6)38-52(42(7)8)61(53)69)48-35-49(37-50(36-48)63(10,11)12)56-40-45(32-33-66-56)44-24-20-19-21-25-44;/h19-34,36-42,69H,15-18H2,1-14H3;/q-1;/i9D3,19D,20D,21D,24D,25D;. The van der Waals surface area contributed by atoms with E-state index in [0.29, 0.717) is 56.1 Å². The van der Waals surface area contributed by atoms with Gasteiger partial charge in [0.25, 0.3) is 0 Å². The average molecular weight is 1120 g/mol. The summed E-state index contributed by atoms with van der Waals surface area (Å²) in [6, 6.07) is 31.7. The molecule has 8 rings (SSSR count). The minimum atomic E-state index is -2.59. The van der Waals surface area contributed by atoms with Gasteiger partial charge in [-0.25, -0.2) is 4.98 Å². The van der Waals surface area contributed by atoms with Crippen LogP contribution in [0.1, 0.15) is 172 Å². The molecule has 0 aliphatic heterocycles. The van der Waals surface area contributed by atoms with Gasteiger partial charge in [-0.15, -0.1) is 29.3 Å². The number of hydrogen-bond donors (Lipinski definition) is 1. The zero-order chi connectivity index (χ0) is 56.4. The first-order valence-electron chi connectivity index (χ1n) is 28.9. The number of benzene rings is 6. The Labute approximate surface area is 445 Å². The number of imidazole rings is 1. The molecule has 6 aromatic carbocycles. The van der Waals surface area contributed by atoms with E-state index in [2.05, 4.69) is 132 Å². The normalized spacial score (nSPS) is 14.1. The molecule has 0 saturated carbocycles. The van der Waals surface area contributed by atoms with Crippen molar-refractivity contribution in [3.05, 3.63) is 167 Å². The van der Waals surface area contributed by atoms with Gasteiger partial charge in [0.2, 0.25) is 0 Å². The molecule has 0 bridgehead atoms. The predicted octanol–water partition coefficient (Wildman–Crippen LogP) is 18.3. The van der Waals surface area contributed by atoms with Crippen molar-refractivity contribution in [3.63, 3.8) is 0 Å². The van der Waals surface area contributed by atoms with Crippen LogP contribution in [0.2, 0.25) is 0 Å². The van der Waals surface area contributed by atoms with Gasteiger partial charge in [0, 0.05) is 37.1 Å². The molecule has 0 aliphatic rings. The van der Waals surface area contributed by atoms with Gasteiger partial charge >= 0.3 is 0 Å². The molecule has 366 valence electrons. The summed E-state index contributed by atoms with van der Waals surface area (Å²) in [5, 5.41) is 12.5. The number of rotatable bonds is 14. The van der Waals surface area contributed by atoms with Gasteiger partial charge in [0.05, 0.1) is 29.1 Å². The molecule has 0 aliphatic carbocycles. The molecule has 0 fully saturated rings. The number of phenolic OH excluding ortho intramolecular Hbond substituents is 1. The van der Waals surface area contributed by atoms with Crippen LogP contribution in [0.3, 0.4) is 0 Å².